The average molecular weight is 270 g/mol. The van der Waals surface area contributed by atoms with E-state index in [-0.39, 0.29) is 5.56 Å². The second kappa shape index (κ2) is 7.01. The molecule has 0 aliphatic carbocycles. The molecule has 0 bridgehead atoms. The van der Waals surface area contributed by atoms with Crippen LogP contribution in [0.25, 0.3) is 0 Å². The number of hydrogen-bond donors (Lipinski definition) is 1. The van der Waals surface area contributed by atoms with E-state index in [2.05, 4.69) is 5.32 Å². The van der Waals surface area contributed by atoms with Crippen molar-refractivity contribution in [3.05, 3.63) is 28.8 Å². The highest BCUT2D eigenvalue weighted by Gasteiger charge is 2.16. The first-order valence-electron chi connectivity index (χ1n) is 5.76. The number of benzene rings is 1. The van der Waals surface area contributed by atoms with Crippen molar-refractivity contribution < 1.29 is 14.3 Å². The van der Waals surface area contributed by atoms with Gasteiger partial charge in [0.05, 0.1) is 12.1 Å². The normalized spacial score (nSPS) is 9.94. The van der Waals surface area contributed by atoms with E-state index >= 15 is 0 Å². The van der Waals surface area contributed by atoms with Gasteiger partial charge < -0.3 is 10.1 Å². The largest absolute Gasteiger partial charge is 0.495 e. The standard InChI is InChI=1S/C13H16ClNO3/c1-3-4-7-15-13(17)12(16)9-5-6-11(18-2)10(14)8-9/h5-6,8H,3-4,7H2,1-2H3,(H,15,17). The van der Waals surface area contributed by atoms with Gasteiger partial charge in [-0.15, -0.1) is 0 Å². The van der Waals surface area contributed by atoms with Crippen molar-refractivity contribution in [1.29, 1.82) is 0 Å². The minimum Gasteiger partial charge on any atom is -0.495 e. The summed E-state index contributed by atoms with van der Waals surface area (Å²) in [5, 5.41) is 2.88. The number of Topliss-reactive ketones (excluding diaryl/α,β-unsaturated/α-hetero) is 1. The Balaban J connectivity index is 2.72. The summed E-state index contributed by atoms with van der Waals surface area (Å²) in [6.45, 7) is 2.52. The van der Waals surface area contributed by atoms with Gasteiger partial charge in [0.1, 0.15) is 5.75 Å². The van der Waals surface area contributed by atoms with Crippen molar-refractivity contribution in [3.8, 4) is 5.75 Å². The first-order valence-corrected chi connectivity index (χ1v) is 6.14. The molecule has 18 heavy (non-hydrogen) atoms. The lowest BCUT2D eigenvalue weighted by Gasteiger charge is -2.06. The maximum atomic E-state index is 11.8. The van der Waals surface area contributed by atoms with Crippen LogP contribution in [0.15, 0.2) is 18.2 Å². The highest BCUT2D eigenvalue weighted by atomic mass is 35.5. The van der Waals surface area contributed by atoms with Gasteiger partial charge in [-0.1, -0.05) is 24.9 Å². The fourth-order valence-electron chi connectivity index (χ4n) is 1.40. The Morgan fingerprint density at radius 2 is 2.11 bits per heavy atom. The van der Waals surface area contributed by atoms with Crippen LogP contribution in [0.5, 0.6) is 5.75 Å². The van der Waals surface area contributed by atoms with Gasteiger partial charge in [-0.25, -0.2) is 0 Å². The van der Waals surface area contributed by atoms with Crippen LogP contribution in [0, 0.1) is 0 Å². The molecule has 0 aromatic heterocycles. The lowest BCUT2D eigenvalue weighted by Crippen LogP contribution is -2.31. The zero-order valence-corrected chi connectivity index (χ0v) is 11.2. The van der Waals surface area contributed by atoms with Crippen LogP contribution in [-0.2, 0) is 4.79 Å². The number of halogens is 1. The number of unbranched alkanes of at least 4 members (excludes halogenated alkanes) is 1. The fourth-order valence-corrected chi connectivity index (χ4v) is 1.66. The molecular formula is C13H16ClNO3. The third-order valence-electron chi connectivity index (χ3n) is 2.44. The van der Waals surface area contributed by atoms with Gasteiger partial charge in [0.2, 0.25) is 5.78 Å². The molecule has 1 N–H and O–H groups in total. The summed E-state index contributed by atoms with van der Waals surface area (Å²) in [6, 6.07) is 4.52. The van der Waals surface area contributed by atoms with Gasteiger partial charge in [-0.2, -0.15) is 0 Å². The molecular weight excluding hydrogens is 254 g/mol. The van der Waals surface area contributed by atoms with E-state index in [1.54, 1.807) is 6.07 Å². The summed E-state index contributed by atoms with van der Waals surface area (Å²) >= 11 is 5.90. The maximum absolute atomic E-state index is 11.8. The van der Waals surface area contributed by atoms with E-state index in [0.29, 0.717) is 17.3 Å². The van der Waals surface area contributed by atoms with Gasteiger partial charge in [0.25, 0.3) is 5.91 Å². The summed E-state index contributed by atoms with van der Waals surface area (Å²) in [5.74, 6) is -0.722. The highest BCUT2D eigenvalue weighted by Crippen LogP contribution is 2.25. The number of carbonyl (C=O) groups is 2. The Morgan fingerprint density at radius 3 is 2.67 bits per heavy atom. The number of amides is 1. The molecule has 0 radical (unpaired) electrons. The third-order valence-corrected chi connectivity index (χ3v) is 2.73. The molecule has 0 saturated heterocycles. The molecule has 0 atom stereocenters. The van der Waals surface area contributed by atoms with Crippen molar-refractivity contribution in [1.82, 2.24) is 5.32 Å². The first kappa shape index (κ1) is 14.5. The van der Waals surface area contributed by atoms with E-state index in [1.165, 1.54) is 19.2 Å². The molecule has 0 saturated carbocycles. The van der Waals surface area contributed by atoms with E-state index in [0.717, 1.165) is 12.8 Å². The van der Waals surface area contributed by atoms with Gasteiger partial charge in [-0.05, 0) is 24.6 Å². The molecule has 1 amide bonds. The summed E-state index contributed by atoms with van der Waals surface area (Å²) in [6.07, 6.45) is 1.81. The minimum atomic E-state index is -0.607. The molecule has 5 heteroatoms. The monoisotopic (exact) mass is 269 g/mol. The number of hydrogen-bond acceptors (Lipinski definition) is 3. The molecule has 0 spiro atoms. The molecule has 0 unspecified atom stereocenters. The number of ether oxygens (including phenoxy) is 1. The lowest BCUT2D eigenvalue weighted by molar-refractivity contribution is -0.117. The van der Waals surface area contributed by atoms with E-state index in [4.69, 9.17) is 16.3 Å². The topological polar surface area (TPSA) is 55.4 Å². The number of carbonyl (C=O) groups excluding carboxylic acids is 2. The van der Waals surface area contributed by atoms with E-state index in [1.807, 2.05) is 6.92 Å². The van der Waals surface area contributed by atoms with Crippen LogP contribution >= 0.6 is 11.6 Å². The molecule has 1 aromatic carbocycles. The van der Waals surface area contributed by atoms with Crippen LogP contribution in [0.3, 0.4) is 0 Å². The molecule has 98 valence electrons. The van der Waals surface area contributed by atoms with Crippen LogP contribution < -0.4 is 10.1 Å². The van der Waals surface area contributed by atoms with Crippen molar-refractivity contribution in [2.24, 2.45) is 0 Å². The minimum absolute atomic E-state index is 0.259. The highest BCUT2D eigenvalue weighted by molar-refractivity contribution is 6.43. The van der Waals surface area contributed by atoms with Gasteiger partial charge in [0, 0.05) is 12.1 Å². The van der Waals surface area contributed by atoms with Crippen molar-refractivity contribution >= 4 is 23.3 Å². The van der Waals surface area contributed by atoms with Crippen molar-refractivity contribution in [2.75, 3.05) is 13.7 Å². The second-order valence-electron chi connectivity index (χ2n) is 3.79. The van der Waals surface area contributed by atoms with Crippen LogP contribution in [0.4, 0.5) is 0 Å². The van der Waals surface area contributed by atoms with Gasteiger partial charge in [0.15, 0.2) is 0 Å². The smallest absolute Gasteiger partial charge is 0.292 e. The lowest BCUT2D eigenvalue weighted by atomic mass is 10.1. The number of ketones is 1. The molecule has 1 rings (SSSR count). The summed E-state index contributed by atoms with van der Waals surface area (Å²) < 4.78 is 4.98. The van der Waals surface area contributed by atoms with E-state index < -0.39 is 11.7 Å². The predicted octanol–water partition coefficient (Wildman–Crippen LogP) is 2.45. The molecule has 0 heterocycles. The van der Waals surface area contributed by atoms with Gasteiger partial charge in [-0.3, -0.25) is 9.59 Å². The molecule has 0 aliphatic heterocycles. The summed E-state index contributed by atoms with van der Waals surface area (Å²) in [5.41, 5.74) is 0.259. The predicted molar refractivity (Wildman–Crippen MR) is 70.3 cm³/mol. The van der Waals surface area contributed by atoms with Crippen molar-refractivity contribution in [3.63, 3.8) is 0 Å². The second-order valence-corrected chi connectivity index (χ2v) is 4.20. The van der Waals surface area contributed by atoms with Crippen molar-refractivity contribution in [2.45, 2.75) is 19.8 Å². The van der Waals surface area contributed by atoms with Crippen LogP contribution in [0.2, 0.25) is 5.02 Å². The third kappa shape index (κ3) is 3.74. The Kier molecular flexibility index (Phi) is 5.65. The van der Waals surface area contributed by atoms with Gasteiger partial charge >= 0.3 is 0 Å². The molecule has 0 aliphatic rings. The quantitative estimate of drug-likeness (QED) is 0.490. The van der Waals surface area contributed by atoms with E-state index in [9.17, 15) is 9.59 Å². The molecule has 0 fully saturated rings. The summed E-state index contributed by atoms with van der Waals surface area (Å²) in [7, 11) is 1.49. The maximum Gasteiger partial charge on any atom is 0.292 e. The summed E-state index contributed by atoms with van der Waals surface area (Å²) in [4.78, 5) is 23.3. The number of rotatable bonds is 6. The first-order chi connectivity index (χ1) is 8.60. The van der Waals surface area contributed by atoms with Crippen LogP contribution in [-0.4, -0.2) is 25.3 Å². The molecule has 4 nitrogen and oxygen atoms in total. The number of nitrogens with one attached hydrogen (secondary N) is 1. The number of methoxy groups -OCH3 is 1. The Labute approximate surface area is 111 Å². The Morgan fingerprint density at radius 1 is 1.39 bits per heavy atom. The van der Waals surface area contributed by atoms with Crippen LogP contribution in [0.1, 0.15) is 30.1 Å². The molecule has 1 aromatic rings. The SMILES string of the molecule is CCCCNC(=O)C(=O)c1ccc(OC)c(Cl)c1. The Hall–Kier alpha value is -1.55. The Bertz CT molecular complexity index is 446. The average Bonchev–Trinajstić information content (AvgIpc) is 2.38. The zero-order chi connectivity index (χ0) is 13.5. The fraction of sp³-hybridized carbons (Fsp3) is 0.385. The zero-order valence-electron chi connectivity index (χ0n) is 10.5.